The number of carboxylic acid groups (broad SMARTS) is 1. The second kappa shape index (κ2) is 6.09. The quantitative estimate of drug-likeness (QED) is 0.654. The van der Waals surface area contributed by atoms with Gasteiger partial charge in [-0.05, 0) is 18.9 Å². The van der Waals surface area contributed by atoms with Crippen molar-refractivity contribution in [2.45, 2.75) is 25.3 Å². The summed E-state index contributed by atoms with van der Waals surface area (Å²) in [5, 5.41) is 22.2. The number of rotatable bonds is 4. The first-order chi connectivity index (χ1) is 9.91. The van der Waals surface area contributed by atoms with Gasteiger partial charge >= 0.3 is 5.97 Å². The minimum atomic E-state index is -0.956. The van der Waals surface area contributed by atoms with E-state index in [-0.39, 0.29) is 16.3 Å². The summed E-state index contributed by atoms with van der Waals surface area (Å²) in [6.07, 6.45) is 1.78. The molecule has 2 unspecified atom stereocenters. The lowest BCUT2D eigenvalue weighted by Gasteiger charge is -2.17. The van der Waals surface area contributed by atoms with Gasteiger partial charge in [0, 0.05) is 12.1 Å². The molecule has 0 spiro atoms. The number of halogens is 1. The highest BCUT2D eigenvalue weighted by molar-refractivity contribution is 6.35. The van der Waals surface area contributed by atoms with Crippen LogP contribution in [0.15, 0.2) is 18.2 Å². The van der Waals surface area contributed by atoms with Crippen LogP contribution in [0.5, 0.6) is 0 Å². The number of aliphatic carboxylic acids is 1. The van der Waals surface area contributed by atoms with Crippen LogP contribution in [0.4, 0.5) is 5.69 Å². The first-order valence-electron chi connectivity index (χ1n) is 6.38. The number of nitro benzene ring substituents is 1. The Bertz CT molecular complexity index is 604. The lowest BCUT2D eigenvalue weighted by atomic mass is 10.0. The smallest absolute Gasteiger partial charge is 0.308 e. The summed E-state index contributed by atoms with van der Waals surface area (Å²) in [5.41, 5.74) is -0.382. The van der Waals surface area contributed by atoms with E-state index < -0.39 is 28.8 Å². The van der Waals surface area contributed by atoms with Gasteiger partial charge in [0.05, 0.1) is 16.4 Å². The topological polar surface area (TPSA) is 110 Å². The van der Waals surface area contributed by atoms with Crippen LogP contribution in [0.2, 0.25) is 5.02 Å². The zero-order chi connectivity index (χ0) is 15.6. The molecule has 8 heteroatoms. The SMILES string of the molecule is O=C(NC1CCCC1C(=O)O)c1cccc([N+](=O)[O-])c1Cl. The maximum atomic E-state index is 12.2. The van der Waals surface area contributed by atoms with Gasteiger partial charge in [0.25, 0.3) is 11.6 Å². The maximum Gasteiger partial charge on any atom is 0.308 e. The Morgan fingerprint density at radius 1 is 1.38 bits per heavy atom. The normalized spacial score (nSPS) is 21.0. The summed E-state index contributed by atoms with van der Waals surface area (Å²) in [6.45, 7) is 0. The standard InChI is InChI=1S/C13H13ClN2O5/c14-11-8(4-2-6-10(11)16(20)21)12(17)15-9-5-1-3-7(9)13(18)19/h2,4,6-7,9H,1,3,5H2,(H,15,17)(H,18,19). The number of hydrogen-bond donors (Lipinski definition) is 2. The van der Waals surface area contributed by atoms with E-state index in [4.69, 9.17) is 16.7 Å². The Balaban J connectivity index is 2.19. The molecule has 1 aliphatic carbocycles. The average Bonchev–Trinajstić information content (AvgIpc) is 2.86. The van der Waals surface area contributed by atoms with Crippen LogP contribution in [-0.2, 0) is 4.79 Å². The summed E-state index contributed by atoms with van der Waals surface area (Å²) in [7, 11) is 0. The lowest BCUT2D eigenvalue weighted by Crippen LogP contribution is -2.40. The molecule has 0 bridgehead atoms. The van der Waals surface area contributed by atoms with E-state index in [0.29, 0.717) is 19.3 Å². The van der Waals surface area contributed by atoms with Crippen molar-refractivity contribution in [1.82, 2.24) is 5.32 Å². The van der Waals surface area contributed by atoms with Gasteiger partial charge in [-0.25, -0.2) is 0 Å². The van der Waals surface area contributed by atoms with Crippen LogP contribution in [0.3, 0.4) is 0 Å². The van der Waals surface area contributed by atoms with E-state index in [1.165, 1.54) is 18.2 Å². The molecule has 1 saturated carbocycles. The molecule has 2 N–H and O–H groups in total. The van der Waals surface area contributed by atoms with Crippen molar-refractivity contribution in [2.24, 2.45) is 5.92 Å². The summed E-state index contributed by atoms with van der Waals surface area (Å²) in [4.78, 5) is 33.3. The third-order valence-electron chi connectivity index (χ3n) is 3.57. The Kier molecular flexibility index (Phi) is 4.42. The Morgan fingerprint density at radius 3 is 2.71 bits per heavy atom. The van der Waals surface area contributed by atoms with Gasteiger partial charge < -0.3 is 10.4 Å². The number of nitrogens with one attached hydrogen (secondary N) is 1. The molecular formula is C13H13ClN2O5. The van der Waals surface area contributed by atoms with Crippen molar-refractivity contribution >= 4 is 29.2 Å². The summed E-state index contributed by atoms with van der Waals surface area (Å²) >= 11 is 5.86. The number of benzene rings is 1. The van der Waals surface area contributed by atoms with Crippen LogP contribution in [0, 0.1) is 16.0 Å². The van der Waals surface area contributed by atoms with Crippen LogP contribution in [0.25, 0.3) is 0 Å². The second-order valence-corrected chi connectivity index (χ2v) is 5.23. The number of amides is 1. The minimum Gasteiger partial charge on any atom is -0.481 e. The molecule has 0 saturated heterocycles. The van der Waals surface area contributed by atoms with Gasteiger partial charge in [-0.2, -0.15) is 0 Å². The Hall–Kier alpha value is -2.15. The van der Waals surface area contributed by atoms with Gasteiger partial charge in [0.1, 0.15) is 5.02 Å². The van der Waals surface area contributed by atoms with E-state index in [2.05, 4.69) is 5.32 Å². The predicted octanol–water partition coefficient (Wildman–Crippen LogP) is 2.23. The molecule has 2 rings (SSSR count). The largest absolute Gasteiger partial charge is 0.481 e. The van der Waals surface area contributed by atoms with Crippen LogP contribution in [0.1, 0.15) is 29.6 Å². The van der Waals surface area contributed by atoms with Gasteiger partial charge in [0.2, 0.25) is 0 Å². The highest BCUT2D eigenvalue weighted by Crippen LogP contribution is 2.29. The van der Waals surface area contributed by atoms with E-state index in [0.717, 1.165) is 0 Å². The lowest BCUT2D eigenvalue weighted by molar-refractivity contribution is -0.384. The van der Waals surface area contributed by atoms with E-state index in [9.17, 15) is 19.7 Å². The molecular weight excluding hydrogens is 300 g/mol. The summed E-state index contributed by atoms with van der Waals surface area (Å²) in [5.74, 6) is -2.18. The molecule has 1 aliphatic rings. The van der Waals surface area contributed by atoms with Gasteiger partial charge in [-0.3, -0.25) is 19.7 Å². The predicted molar refractivity (Wildman–Crippen MR) is 74.3 cm³/mol. The number of carbonyl (C=O) groups is 2. The van der Waals surface area contributed by atoms with Crippen molar-refractivity contribution in [1.29, 1.82) is 0 Å². The molecule has 0 radical (unpaired) electrons. The van der Waals surface area contributed by atoms with Gasteiger partial charge in [0.15, 0.2) is 0 Å². The van der Waals surface area contributed by atoms with Crippen molar-refractivity contribution in [3.8, 4) is 0 Å². The third-order valence-corrected chi connectivity index (χ3v) is 3.97. The molecule has 112 valence electrons. The Morgan fingerprint density at radius 2 is 2.10 bits per heavy atom. The van der Waals surface area contributed by atoms with Crippen LogP contribution < -0.4 is 5.32 Å². The Labute approximate surface area is 125 Å². The molecule has 1 aromatic carbocycles. The van der Waals surface area contributed by atoms with Gasteiger partial charge in [-0.15, -0.1) is 0 Å². The zero-order valence-corrected chi connectivity index (χ0v) is 11.7. The first kappa shape index (κ1) is 15.2. The highest BCUT2D eigenvalue weighted by atomic mass is 35.5. The number of hydrogen-bond acceptors (Lipinski definition) is 4. The molecule has 2 atom stereocenters. The molecule has 21 heavy (non-hydrogen) atoms. The maximum absolute atomic E-state index is 12.2. The minimum absolute atomic E-state index is 0.0260. The molecule has 0 aliphatic heterocycles. The van der Waals surface area contributed by atoms with Crippen LogP contribution in [-0.4, -0.2) is 27.9 Å². The van der Waals surface area contributed by atoms with Crippen molar-refractivity contribution in [2.75, 3.05) is 0 Å². The van der Waals surface area contributed by atoms with E-state index in [1.807, 2.05) is 0 Å². The van der Waals surface area contributed by atoms with Crippen LogP contribution >= 0.6 is 11.6 Å². The molecule has 1 aromatic rings. The molecule has 7 nitrogen and oxygen atoms in total. The van der Waals surface area contributed by atoms with Crippen molar-refractivity contribution in [3.63, 3.8) is 0 Å². The van der Waals surface area contributed by atoms with Crippen molar-refractivity contribution in [3.05, 3.63) is 38.9 Å². The number of nitro groups is 1. The highest BCUT2D eigenvalue weighted by Gasteiger charge is 2.34. The zero-order valence-electron chi connectivity index (χ0n) is 10.9. The summed E-state index contributed by atoms with van der Waals surface area (Å²) in [6, 6.07) is 3.46. The van der Waals surface area contributed by atoms with E-state index >= 15 is 0 Å². The average molecular weight is 313 g/mol. The fourth-order valence-corrected chi connectivity index (χ4v) is 2.79. The number of nitrogens with zero attached hydrogens (tertiary/aromatic N) is 1. The monoisotopic (exact) mass is 312 g/mol. The third kappa shape index (κ3) is 3.13. The molecule has 1 amide bonds. The number of carbonyl (C=O) groups excluding carboxylic acids is 1. The summed E-state index contributed by atoms with van der Waals surface area (Å²) < 4.78 is 0. The molecule has 1 fully saturated rings. The molecule has 0 aromatic heterocycles. The fourth-order valence-electron chi connectivity index (χ4n) is 2.51. The molecule has 0 heterocycles. The fraction of sp³-hybridized carbons (Fsp3) is 0.385. The first-order valence-corrected chi connectivity index (χ1v) is 6.76. The number of carboxylic acids is 1. The van der Waals surface area contributed by atoms with E-state index in [1.54, 1.807) is 0 Å². The second-order valence-electron chi connectivity index (χ2n) is 4.85. The van der Waals surface area contributed by atoms with Gasteiger partial charge in [-0.1, -0.05) is 24.1 Å². The van der Waals surface area contributed by atoms with Crippen molar-refractivity contribution < 1.29 is 19.6 Å².